The van der Waals surface area contributed by atoms with Gasteiger partial charge in [-0.3, -0.25) is 9.69 Å². The summed E-state index contributed by atoms with van der Waals surface area (Å²) in [4.78, 5) is 14.9. The highest BCUT2D eigenvalue weighted by atomic mass is 32.2. The number of sulfonamides is 1. The number of nitrogens with one attached hydrogen (secondary N) is 1. The van der Waals surface area contributed by atoms with Crippen LogP contribution in [0.5, 0.6) is 0 Å². The van der Waals surface area contributed by atoms with E-state index in [0.717, 1.165) is 16.8 Å². The number of nitrogens with zero attached hydrogens (tertiary/aromatic N) is 2. The molecule has 1 amide bonds. The molecule has 31 heavy (non-hydrogen) atoms. The van der Waals surface area contributed by atoms with Gasteiger partial charge in [-0.05, 0) is 41.2 Å². The largest absolute Gasteiger partial charge is 0.325 e. The summed E-state index contributed by atoms with van der Waals surface area (Å²) >= 11 is 0. The highest BCUT2D eigenvalue weighted by molar-refractivity contribution is 7.89. The van der Waals surface area contributed by atoms with Gasteiger partial charge in [0.15, 0.2) is 0 Å². The van der Waals surface area contributed by atoms with Crippen LogP contribution in [0.4, 0.5) is 5.69 Å². The summed E-state index contributed by atoms with van der Waals surface area (Å²) in [6.45, 7) is 10.4. The lowest BCUT2D eigenvalue weighted by molar-refractivity contribution is -0.117. The number of hydrogen-bond donors (Lipinski definition) is 1. The third-order valence-corrected chi connectivity index (χ3v) is 7.65. The Morgan fingerprint density at radius 3 is 2.10 bits per heavy atom. The molecule has 1 N–H and O–H groups in total. The van der Waals surface area contributed by atoms with Gasteiger partial charge in [-0.15, -0.1) is 0 Å². The van der Waals surface area contributed by atoms with Crippen LogP contribution in [0.25, 0.3) is 0 Å². The maximum atomic E-state index is 13.0. The molecule has 0 unspecified atom stereocenters. The van der Waals surface area contributed by atoms with Crippen molar-refractivity contribution in [3.63, 3.8) is 0 Å². The molecule has 168 valence electrons. The quantitative estimate of drug-likeness (QED) is 0.705. The van der Waals surface area contributed by atoms with Gasteiger partial charge in [0.1, 0.15) is 0 Å². The molecule has 2 aromatic carbocycles. The van der Waals surface area contributed by atoms with Crippen LogP contribution >= 0.6 is 0 Å². The number of amides is 1. The molecule has 0 aliphatic carbocycles. The lowest BCUT2D eigenvalue weighted by Crippen LogP contribution is -2.50. The molecule has 1 heterocycles. The molecule has 0 saturated carbocycles. The van der Waals surface area contributed by atoms with Crippen molar-refractivity contribution in [2.75, 3.05) is 38.0 Å². The lowest BCUT2D eigenvalue weighted by atomic mass is 10.0. The second-order valence-corrected chi connectivity index (χ2v) is 10.6. The van der Waals surface area contributed by atoms with Gasteiger partial charge in [-0.2, -0.15) is 4.31 Å². The summed E-state index contributed by atoms with van der Waals surface area (Å²) in [6.07, 6.45) is 0. The zero-order valence-corrected chi connectivity index (χ0v) is 19.7. The number of para-hydroxylation sites is 1. The molecule has 1 fully saturated rings. The lowest BCUT2D eigenvalue weighted by Gasteiger charge is -2.33. The highest BCUT2D eigenvalue weighted by Gasteiger charge is 2.29. The fourth-order valence-electron chi connectivity index (χ4n) is 3.81. The molecule has 0 bridgehead atoms. The molecule has 2 aromatic rings. The van der Waals surface area contributed by atoms with Gasteiger partial charge in [-0.25, -0.2) is 8.42 Å². The van der Waals surface area contributed by atoms with E-state index in [1.165, 1.54) is 4.31 Å². The van der Waals surface area contributed by atoms with Crippen molar-refractivity contribution < 1.29 is 13.2 Å². The van der Waals surface area contributed by atoms with E-state index in [2.05, 4.69) is 33.0 Å². The number of piperazine rings is 1. The number of rotatable bonds is 7. The summed E-state index contributed by atoms with van der Waals surface area (Å²) in [5, 5.41) is 3.01. The van der Waals surface area contributed by atoms with E-state index < -0.39 is 10.0 Å². The van der Waals surface area contributed by atoms with E-state index in [9.17, 15) is 13.2 Å². The van der Waals surface area contributed by atoms with Gasteiger partial charge in [-0.1, -0.05) is 58.0 Å². The van der Waals surface area contributed by atoms with Gasteiger partial charge in [0.2, 0.25) is 15.9 Å². The average Bonchev–Trinajstić information content (AvgIpc) is 2.74. The minimum Gasteiger partial charge on any atom is -0.325 e. The van der Waals surface area contributed by atoms with E-state index in [4.69, 9.17) is 0 Å². The SMILES string of the molecule is CC(C)c1ccc(S(=O)(=O)N2CCN(CC(=O)Nc3ccccc3C(C)C)CC2)cc1. The van der Waals surface area contributed by atoms with Crippen LogP contribution in [0.3, 0.4) is 0 Å². The first kappa shape index (κ1) is 23.4. The van der Waals surface area contributed by atoms with Crippen LogP contribution in [-0.4, -0.2) is 56.3 Å². The van der Waals surface area contributed by atoms with Crippen molar-refractivity contribution in [1.82, 2.24) is 9.21 Å². The Balaban J connectivity index is 1.56. The van der Waals surface area contributed by atoms with Crippen molar-refractivity contribution >= 4 is 21.6 Å². The first-order chi connectivity index (χ1) is 14.7. The first-order valence-electron chi connectivity index (χ1n) is 10.9. The van der Waals surface area contributed by atoms with Gasteiger partial charge in [0.25, 0.3) is 0 Å². The topological polar surface area (TPSA) is 69.7 Å². The second kappa shape index (κ2) is 9.94. The van der Waals surface area contributed by atoms with Crippen LogP contribution in [-0.2, 0) is 14.8 Å². The molecule has 0 atom stereocenters. The minimum absolute atomic E-state index is 0.0753. The number of anilines is 1. The molecular weight excluding hydrogens is 410 g/mol. The fourth-order valence-corrected chi connectivity index (χ4v) is 5.23. The predicted molar refractivity (Wildman–Crippen MR) is 125 cm³/mol. The van der Waals surface area contributed by atoms with Crippen LogP contribution in [0.2, 0.25) is 0 Å². The van der Waals surface area contributed by atoms with E-state index in [0.29, 0.717) is 42.9 Å². The highest BCUT2D eigenvalue weighted by Crippen LogP contribution is 2.24. The number of carbonyl (C=O) groups is 1. The summed E-state index contributed by atoms with van der Waals surface area (Å²) in [5.74, 6) is 0.604. The van der Waals surface area contributed by atoms with Crippen molar-refractivity contribution in [3.8, 4) is 0 Å². The van der Waals surface area contributed by atoms with Crippen molar-refractivity contribution in [1.29, 1.82) is 0 Å². The number of benzene rings is 2. The van der Waals surface area contributed by atoms with Gasteiger partial charge < -0.3 is 5.32 Å². The van der Waals surface area contributed by atoms with Crippen LogP contribution in [0.1, 0.15) is 50.7 Å². The third kappa shape index (κ3) is 5.73. The minimum atomic E-state index is -3.51. The first-order valence-corrected chi connectivity index (χ1v) is 12.3. The smallest absolute Gasteiger partial charge is 0.243 e. The van der Waals surface area contributed by atoms with E-state index in [1.807, 2.05) is 41.3 Å². The van der Waals surface area contributed by atoms with E-state index >= 15 is 0 Å². The van der Waals surface area contributed by atoms with Crippen molar-refractivity contribution in [2.45, 2.75) is 44.4 Å². The number of carbonyl (C=O) groups excluding carboxylic acids is 1. The molecule has 6 nitrogen and oxygen atoms in total. The Labute approximate surface area is 186 Å². The van der Waals surface area contributed by atoms with Gasteiger partial charge in [0, 0.05) is 31.9 Å². The maximum absolute atomic E-state index is 13.0. The summed E-state index contributed by atoms with van der Waals surface area (Å²) in [5.41, 5.74) is 3.07. The number of hydrogen-bond acceptors (Lipinski definition) is 4. The monoisotopic (exact) mass is 443 g/mol. The van der Waals surface area contributed by atoms with Crippen molar-refractivity contribution in [2.24, 2.45) is 0 Å². The maximum Gasteiger partial charge on any atom is 0.243 e. The Morgan fingerprint density at radius 1 is 0.903 bits per heavy atom. The Hall–Kier alpha value is -2.22. The molecule has 7 heteroatoms. The second-order valence-electron chi connectivity index (χ2n) is 8.69. The van der Waals surface area contributed by atoms with Crippen LogP contribution in [0.15, 0.2) is 53.4 Å². The molecule has 0 radical (unpaired) electrons. The Morgan fingerprint density at radius 2 is 1.52 bits per heavy atom. The molecule has 3 rings (SSSR count). The van der Waals surface area contributed by atoms with Crippen molar-refractivity contribution in [3.05, 3.63) is 59.7 Å². The van der Waals surface area contributed by atoms with Crippen LogP contribution in [0, 0.1) is 0 Å². The van der Waals surface area contributed by atoms with Crippen LogP contribution < -0.4 is 5.32 Å². The van der Waals surface area contributed by atoms with E-state index in [1.54, 1.807) is 12.1 Å². The third-order valence-electron chi connectivity index (χ3n) is 5.74. The van der Waals surface area contributed by atoms with Gasteiger partial charge >= 0.3 is 0 Å². The molecule has 1 aliphatic heterocycles. The molecular formula is C24H33N3O3S. The standard InChI is InChI=1S/C24H33N3O3S/c1-18(2)20-9-11-21(12-10-20)31(29,30)27-15-13-26(14-16-27)17-24(28)25-23-8-6-5-7-22(23)19(3)4/h5-12,18-19H,13-17H2,1-4H3,(H,25,28). The molecule has 0 spiro atoms. The summed E-state index contributed by atoms with van der Waals surface area (Å²) in [7, 11) is -3.51. The average molecular weight is 444 g/mol. The molecule has 1 saturated heterocycles. The van der Waals surface area contributed by atoms with E-state index in [-0.39, 0.29) is 12.5 Å². The Kier molecular flexibility index (Phi) is 7.51. The molecule has 1 aliphatic rings. The predicted octanol–water partition coefficient (Wildman–Crippen LogP) is 3.88. The fraction of sp³-hybridized carbons (Fsp3) is 0.458. The Bertz CT molecular complexity index is 993. The zero-order chi connectivity index (χ0) is 22.6. The summed E-state index contributed by atoms with van der Waals surface area (Å²) < 4.78 is 27.4. The molecule has 0 aromatic heterocycles. The normalized spacial score (nSPS) is 16.1. The van der Waals surface area contributed by atoms with Gasteiger partial charge in [0.05, 0.1) is 11.4 Å². The zero-order valence-electron chi connectivity index (χ0n) is 18.8. The summed E-state index contributed by atoms with van der Waals surface area (Å²) in [6, 6.07) is 15.0.